The Morgan fingerprint density at radius 2 is 2.25 bits per heavy atom. The van der Waals surface area contributed by atoms with E-state index in [1.807, 2.05) is 11.5 Å². The van der Waals surface area contributed by atoms with E-state index in [-0.39, 0.29) is 10.7 Å². The molecule has 2 aromatic heterocycles. The molecule has 5 nitrogen and oxygen atoms in total. The summed E-state index contributed by atoms with van der Waals surface area (Å²) < 4.78 is 3.49. The number of halogens is 1. The third-order valence-electron chi connectivity index (χ3n) is 2.34. The highest BCUT2D eigenvalue weighted by atomic mass is 35.5. The summed E-state index contributed by atoms with van der Waals surface area (Å²) in [5, 5.41) is -0.00920. The van der Waals surface area contributed by atoms with Crippen molar-refractivity contribution in [1.29, 1.82) is 0 Å². The molecule has 2 rings (SSSR count). The lowest BCUT2D eigenvalue weighted by atomic mass is 10.4. The van der Waals surface area contributed by atoms with Gasteiger partial charge in [-0.3, -0.25) is 4.79 Å². The molecule has 0 bridgehead atoms. The molecule has 6 heteroatoms. The maximum atomic E-state index is 11.6. The Morgan fingerprint density at radius 1 is 1.44 bits per heavy atom. The van der Waals surface area contributed by atoms with Gasteiger partial charge in [0.05, 0.1) is 18.6 Å². The summed E-state index contributed by atoms with van der Waals surface area (Å²) in [4.78, 5) is 19.4. The van der Waals surface area contributed by atoms with Gasteiger partial charge in [0.2, 0.25) is 0 Å². The Balaban J connectivity index is 2.34. The quantitative estimate of drug-likeness (QED) is 0.807. The molecule has 0 saturated carbocycles. The van der Waals surface area contributed by atoms with Gasteiger partial charge in [-0.25, -0.2) is 9.97 Å². The van der Waals surface area contributed by atoms with Crippen LogP contribution in [0.4, 0.5) is 0 Å². The molecule has 16 heavy (non-hydrogen) atoms. The number of imidazole rings is 1. The molecule has 0 aliphatic heterocycles. The van der Waals surface area contributed by atoms with Gasteiger partial charge in [0.25, 0.3) is 5.56 Å². The van der Waals surface area contributed by atoms with Crippen molar-refractivity contribution in [2.45, 2.75) is 20.0 Å². The van der Waals surface area contributed by atoms with Crippen molar-refractivity contribution in [3.05, 3.63) is 46.1 Å². The molecule has 0 fully saturated rings. The van der Waals surface area contributed by atoms with E-state index in [9.17, 15) is 4.79 Å². The summed E-state index contributed by atoms with van der Waals surface area (Å²) in [5.74, 6) is 0. The standard InChI is InChI=1S/C10H11ClN4O/c1-2-14-7-12-5-8(14)6-15-4-3-13-9(11)10(15)16/h3-5,7H,2,6H2,1H3. The number of aromatic nitrogens is 4. The molecule has 0 unspecified atom stereocenters. The van der Waals surface area contributed by atoms with Crippen molar-refractivity contribution in [2.24, 2.45) is 0 Å². The molecule has 2 heterocycles. The summed E-state index contributed by atoms with van der Waals surface area (Å²) in [7, 11) is 0. The fourth-order valence-electron chi connectivity index (χ4n) is 1.48. The van der Waals surface area contributed by atoms with E-state index in [1.165, 1.54) is 10.8 Å². The topological polar surface area (TPSA) is 52.7 Å². The van der Waals surface area contributed by atoms with Gasteiger partial charge in [0.1, 0.15) is 0 Å². The molecule has 0 aliphatic carbocycles. The minimum atomic E-state index is -0.284. The summed E-state index contributed by atoms with van der Waals surface area (Å²) in [5.41, 5.74) is 0.680. The van der Waals surface area contributed by atoms with Gasteiger partial charge in [0, 0.05) is 25.1 Å². The first kappa shape index (κ1) is 10.9. The summed E-state index contributed by atoms with van der Waals surface area (Å²) >= 11 is 5.66. The lowest BCUT2D eigenvalue weighted by Crippen LogP contribution is -2.22. The van der Waals surface area contributed by atoms with Crippen LogP contribution >= 0.6 is 11.6 Å². The van der Waals surface area contributed by atoms with E-state index < -0.39 is 0 Å². The third kappa shape index (κ3) is 1.99. The lowest BCUT2D eigenvalue weighted by Gasteiger charge is -2.07. The average Bonchev–Trinajstić information content (AvgIpc) is 2.72. The highest BCUT2D eigenvalue weighted by Crippen LogP contribution is 2.02. The number of nitrogens with zero attached hydrogens (tertiary/aromatic N) is 4. The fraction of sp³-hybridized carbons (Fsp3) is 0.300. The van der Waals surface area contributed by atoms with Crippen LogP contribution in [0.3, 0.4) is 0 Å². The van der Waals surface area contributed by atoms with Crippen LogP contribution in [0.15, 0.2) is 29.7 Å². The third-order valence-corrected chi connectivity index (χ3v) is 2.60. The van der Waals surface area contributed by atoms with Crippen LogP contribution in [-0.4, -0.2) is 19.1 Å². The van der Waals surface area contributed by atoms with Crippen LogP contribution in [0.25, 0.3) is 0 Å². The van der Waals surface area contributed by atoms with Crippen LogP contribution in [0, 0.1) is 0 Å². The molecular weight excluding hydrogens is 228 g/mol. The second-order valence-corrected chi connectivity index (χ2v) is 3.68. The Bertz CT molecular complexity index is 546. The first-order valence-corrected chi connectivity index (χ1v) is 5.30. The largest absolute Gasteiger partial charge is 0.333 e. The molecular formula is C10H11ClN4O. The smallest absolute Gasteiger partial charge is 0.288 e. The highest BCUT2D eigenvalue weighted by molar-refractivity contribution is 6.29. The SMILES string of the molecule is CCn1cncc1Cn1ccnc(Cl)c1=O. The molecule has 0 saturated heterocycles. The van der Waals surface area contributed by atoms with Crippen molar-refractivity contribution < 1.29 is 0 Å². The molecule has 0 radical (unpaired) electrons. The van der Waals surface area contributed by atoms with Gasteiger partial charge < -0.3 is 9.13 Å². The van der Waals surface area contributed by atoms with Gasteiger partial charge in [-0.05, 0) is 6.92 Å². The number of rotatable bonds is 3. The number of hydrogen-bond donors (Lipinski definition) is 0. The number of hydrogen-bond acceptors (Lipinski definition) is 3. The zero-order chi connectivity index (χ0) is 11.5. The van der Waals surface area contributed by atoms with Gasteiger partial charge in [0.15, 0.2) is 5.15 Å². The molecule has 0 spiro atoms. The Morgan fingerprint density at radius 3 is 3.00 bits per heavy atom. The minimum absolute atomic E-state index is 0.00920. The first-order chi connectivity index (χ1) is 7.72. The van der Waals surface area contributed by atoms with Crippen molar-refractivity contribution in [2.75, 3.05) is 0 Å². The van der Waals surface area contributed by atoms with Crippen LogP contribution in [0.2, 0.25) is 5.15 Å². The van der Waals surface area contributed by atoms with Gasteiger partial charge >= 0.3 is 0 Å². The van der Waals surface area contributed by atoms with E-state index in [0.717, 1.165) is 12.2 Å². The van der Waals surface area contributed by atoms with Crippen molar-refractivity contribution in [1.82, 2.24) is 19.1 Å². The highest BCUT2D eigenvalue weighted by Gasteiger charge is 2.05. The van der Waals surface area contributed by atoms with Crippen molar-refractivity contribution in [3.8, 4) is 0 Å². The van der Waals surface area contributed by atoms with Crippen molar-refractivity contribution >= 4 is 11.6 Å². The molecule has 0 N–H and O–H groups in total. The maximum absolute atomic E-state index is 11.6. The molecule has 0 amide bonds. The van der Waals surface area contributed by atoms with E-state index in [0.29, 0.717) is 6.54 Å². The Labute approximate surface area is 97.3 Å². The van der Waals surface area contributed by atoms with E-state index in [2.05, 4.69) is 9.97 Å². The summed E-state index contributed by atoms with van der Waals surface area (Å²) in [6.45, 7) is 3.30. The molecule has 0 aliphatic rings. The Kier molecular flexibility index (Phi) is 3.05. The molecule has 0 aromatic carbocycles. The second kappa shape index (κ2) is 4.49. The van der Waals surface area contributed by atoms with Gasteiger partial charge in [-0.2, -0.15) is 0 Å². The van der Waals surface area contributed by atoms with Crippen LogP contribution in [0.1, 0.15) is 12.6 Å². The van der Waals surface area contributed by atoms with E-state index >= 15 is 0 Å². The average molecular weight is 239 g/mol. The predicted octanol–water partition coefficient (Wildman–Crippen LogP) is 1.16. The van der Waals surface area contributed by atoms with Crippen LogP contribution < -0.4 is 5.56 Å². The van der Waals surface area contributed by atoms with Crippen LogP contribution in [0.5, 0.6) is 0 Å². The van der Waals surface area contributed by atoms with E-state index in [4.69, 9.17) is 11.6 Å². The van der Waals surface area contributed by atoms with Gasteiger partial charge in [-0.15, -0.1) is 0 Å². The van der Waals surface area contributed by atoms with E-state index in [1.54, 1.807) is 18.7 Å². The fourth-order valence-corrected chi connectivity index (χ4v) is 1.65. The van der Waals surface area contributed by atoms with Crippen LogP contribution in [-0.2, 0) is 13.1 Å². The maximum Gasteiger partial charge on any atom is 0.288 e. The first-order valence-electron chi connectivity index (χ1n) is 4.92. The zero-order valence-electron chi connectivity index (χ0n) is 8.80. The number of aryl methyl sites for hydroxylation is 1. The van der Waals surface area contributed by atoms with Crippen molar-refractivity contribution in [3.63, 3.8) is 0 Å². The lowest BCUT2D eigenvalue weighted by molar-refractivity contribution is 0.653. The summed E-state index contributed by atoms with van der Waals surface area (Å²) in [6, 6.07) is 0. The Hall–Kier alpha value is -1.62. The molecule has 2 aromatic rings. The normalized spacial score (nSPS) is 10.6. The molecule has 84 valence electrons. The summed E-state index contributed by atoms with van der Waals surface area (Å²) in [6.07, 6.45) is 6.60. The monoisotopic (exact) mass is 238 g/mol. The minimum Gasteiger partial charge on any atom is -0.333 e. The predicted molar refractivity (Wildman–Crippen MR) is 60.5 cm³/mol. The zero-order valence-corrected chi connectivity index (χ0v) is 9.55. The molecule has 0 atom stereocenters. The second-order valence-electron chi connectivity index (χ2n) is 3.32. The van der Waals surface area contributed by atoms with Gasteiger partial charge in [-0.1, -0.05) is 11.6 Å².